The van der Waals surface area contributed by atoms with E-state index in [4.69, 9.17) is 4.74 Å². The highest BCUT2D eigenvalue weighted by atomic mass is 32.2. The first kappa shape index (κ1) is 18.9. The molecule has 0 aromatic heterocycles. The first-order valence-corrected chi connectivity index (χ1v) is 11.4. The fraction of sp³-hybridized carbons (Fsp3) is 0.524. The second-order valence-electron chi connectivity index (χ2n) is 7.68. The monoisotopic (exact) mass is 388 g/mol. The van der Waals surface area contributed by atoms with E-state index in [2.05, 4.69) is 9.62 Å². The van der Waals surface area contributed by atoms with Gasteiger partial charge in [-0.25, -0.2) is 13.1 Å². The Labute approximate surface area is 161 Å². The standard InChI is InChI=1S/C21H28N2O3S/c24-27(25,21-6-5-18-3-1-2-4-19(18)15-21)22-16-17-7-11-23(12-8-17)20-9-13-26-14-10-20/h1-6,15,17,20,22H,7-14,16H2. The minimum Gasteiger partial charge on any atom is -0.381 e. The van der Waals surface area contributed by atoms with Crippen LogP contribution in [0.5, 0.6) is 0 Å². The molecule has 2 fully saturated rings. The zero-order valence-electron chi connectivity index (χ0n) is 15.6. The molecule has 0 bridgehead atoms. The number of ether oxygens (including phenoxy) is 1. The molecular formula is C21H28N2O3S. The van der Waals surface area contributed by atoms with Gasteiger partial charge in [0, 0.05) is 25.8 Å². The third-order valence-corrected chi connectivity index (χ3v) is 7.37. The van der Waals surface area contributed by atoms with E-state index in [0.29, 0.717) is 23.4 Å². The zero-order chi connectivity index (χ0) is 18.7. The second-order valence-corrected chi connectivity index (χ2v) is 9.45. The number of likely N-dealkylation sites (tertiary alicyclic amines) is 1. The van der Waals surface area contributed by atoms with Crippen LogP contribution in [0.2, 0.25) is 0 Å². The number of nitrogens with zero attached hydrogens (tertiary/aromatic N) is 1. The molecule has 1 N–H and O–H groups in total. The summed E-state index contributed by atoms with van der Waals surface area (Å²) in [5.74, 6) is 0.413. The van der Waals surface area contributed by atoms with Crippen molar-refractivity contribution in [2.75, 3.05) is 32.8 Å². The maximum Gasteiger partial charge on any atom is 0.240 e. The summed E-state index contributed by atoms with van der Waals surface area (Å²) in [6.07, 6.45) is 4.35. The van der Waals surface area contributed by atoms with E-state index in [1.54, 1.807) is 12.1 Å². The lowest BCUT2D eigenvalue weighted by Gasteiger charge is -2.39. The maximum atomic E-state index is 12.7. The summed E-state index contributed by atoms with van der Waals surface area (Å²) < 4.78 is 33.7. The van der Waals surface area contributed by atoms with Crippen LogP contribution in [-0.2, 0) is 14.8 Å². The SMILES string of the molecule is O=S(=O)(NCC1CCN(C2CCOCC2)CC1)c1ccc2ccccc2c1. The molecule has 146 valence electrons. The van der Waals surface area contributed by atoms with Crippen molar-refractivity contribution in [3.8, 4) is 0 Å². The minimum atomic E-state index is -3.47. The van der Waals surface area contributed by atoms with Crippen molar-refractivity contribution in [1.29, 1.82) is 0 Å². The van der Waals surface area contributed by atoms with Gasteiger partial charge in [-0.05, 0) is 67.6 Å². The Morgan fingerprint density at radius 3 is 2.41 bits per heavy atom. The third-order valence-electron chi connectivity index (χ3n) is 5.95. The molecule has 2 aromatic carbocycles. The lowest BCUT2D eigenvalue weighted by atomic mass is 9.94. The van der Waals surface area contributed by atoms with Crippen LogP contribution >= 0.6 is 0 Å². The Kier molecular flexibility index (Phi) is 5.78. The number of sulfonamides is 1. The first-order valence-electron chi connectivity index (χ1n) is 9.92. The van der Waals surface area contributed by atoms with E-state index >= 15 is 0 Å². The highest BCUT2D eigenvalue weighted by Crippen LogP contribution is 2.24. The van der Waals surface area contributed by atoms with E-state index in [1.807, 2.05) is 30.3 Å². The van der Waals surface area contributed by atoms with E-state index in [1.165, 1.54) is 0 Å². The van der Waals surface area contributed by atoms with Gasteiger partial charge in [-0.2, -0.15) is 0 Å². The van der Waals surface area contributed by atoms with E-state index in [-0.39, 0.29) is 0 Å². The molecular weight excluding hydrogens is 360 g/mol. The summed E-state index contributed by atoms with van der Waals surface area (Å²) in [4.78, 5) is 2.91. The Morgan fingerprint density at radius 1 is 0.963 bits per heavy atom. The number of fused-ring (bicyclic) bond motifs is 1. The van der Waals surface area contributed by atoms with Crippen LogP contribution in [0.3, 0.4) is 0 Å². The highest BCUT2D eigenvalue weighted by molar-refractivity contribution is 7.89. The third kappa shape index (κ3) is 4.51. The van der Waals surface area contributed by atoms with Crippen LogP contribution in [-0.4, -0.2) is 52.2 Å². The summed E-state index contributed by atoms with van der Waals surface area (Å²) in [6, 6.07) is 13.8. The van der Waals surface area contributed by atoms with Gasteiger partial charge in [0.05, 0.1) is 4.90 Å². The second kappa shape index (κ2) is 8.27. The molecule has 5 nitrogen and oxygen atoms in total. The molecule has 0 radical (unpaired) electrons. The van der Waals surface area contributed by atoms with Crippen molar-refractivity contribution >= 4 is 20.8 Å². The van der Waals surface area contributed by atoms with Gasteiger partial charge in [-0.15, -0.1) is 0 Å². The summed E-state index contributed by atoms with van der Waals surface area (Å²) in [5, 5.41) is 2.00. The van der Waals surface area contributed by atoms with E-state index in [0.717, 1.165) is 62.8 Å². The van der Waals surface area contributed by atoms with Gasteiger partial charge >= 0.3 is 0 Å². The summed E-state index contributed by atoms with van der Waals surface area (Å²) >= 11 is 0. The Morgan fingerprint density at radius 2 is 1.67 bits per heavy atom. The van der Waals surface area contributed by atoms with Gasteiger partial charge < -0.3 is 9.64 Å². The molecule has 2 aliphatic heterocycles. The smallest absolute Gasteiger partial charge is 0.240 e. The molecule has 6 heteroatoms. The van der Waals surface area contributed by atoms with Gasteiger partial charge in [0.15, 0.2) is 0 Å². The van der Waals surface area contributed by atoms with Gasteiger partial charge in [0.2, 0.25) is 10.0 Å². The Balaban J connectivity index is 1.32. The number of benzene rings is 2. The number of nitrogens with one attached hydrogen (secondary N) is 1. The number of hydrogen-bond donors (Lipinski definition) is 1. The lowest BCUT2D eigenvalue weighted by Crippen LogP contribution is -2.45. The number of hydrogen-bond acceptors (Lipinski definition) is 4. The fourth-order valence-electron chi connectivity index (χ4n) is 4.22. The fourth-order valence-corrected chi connectivity index (χ4v) is 5.37. The number of rotatable bonds is 5. The molecule has 0 spiro atoms. The predicted molar refractivity (Wildman–Crippen MR) is 107 cm³/mol. The van der Waals surface area contributed by atoms with Crippen LogP contribution < -0.4 is 4.72 Å². The van der Waals surface area contributed by atoms with Gasteiger partial charge in [0.25, 0.3) is 0 Å². The van der Waals surface area contributed by atoms with Crippen molar-refractivity contribution < 1.29 is 13.2 Å². The summed E-state index contributed by atoms with van der Waals surface area (Å²) in [6.45, 7) is 4.39. The predicted octanol–water partition coefficient (Wildman–Crippen LogP) is 3.01. The van der Waals surface area contributed by atoms with Gasteiger partial charge in [-0.3, -0.25) is 0 Å². The molecule has 0 saturated carbocycles. The Bertz CT molecular complexity index is 870. The average molecular weight is 389 g/mol. The van der Waals surface area contributed by atoms with Gasteiger partial charge in [-0.1, -0.05) is 30.3 Å². The molecule has 2 heterocycles. The summed E-state index contributed by atoms with van der Waals surface area (Å²) in [5.41, 5.74) is 0. The topological polar surface area (TPSA) is 58.6 Å². The summed E-state index contributed by atoms with van der Waals surface area (Å²) in [7, 11) is -3.47. The molecule has 2 saturated heterocycles. The molecule has 0 atom stereocenters. The van der Waals surface area contributed by atoms with Crippen molar-refractivity contribution in [2.24, 2.45) is 5.92 Å². The molecule has 27 heavy (non-hydrogen) atoms. The quantitative estimate of drug-likeness (QED) is 0.855. The van der Waals surface area contributed by atoms with Crippen molar-refractivity contribution in [3.63, 3.8) is 0 Å². The molecule has 0 unspecified atom stereocenters. The normalized spacial score (nSPS) is 20.9. The zero-order valence-corrected chi connectivity index (χ0v) is 16.5. The first-order chi connectivity index (χ1) is 13.1. The van der Waals surface area contributed by atoms with Crippen molar-refractivity contribution in [3.05, 3.63) is 42.5 Å². The van der Waals surface area contributed by atoms with Gasteiger partial charge in [0.1, 0.15) is 0 Å². The lowest BCUT2D eigenvalue weighted by molar-refractivity contribution is 0.0214. The molecule has 2 aliphatic rings. The highest BCUT2D eigenvalue weighted by Gasteiger charge is 2.27. The molecule has 0 aliphatic carbocycles. The minimum absolute atomic E-state index is 0.348. The molecule has 4 rings (SSSR count). The average Bonchev–Trinajstić information content (AvgIpc) is 2.73. The molecule has 2 aromatic rings. The largest absolute Gasteiger partial charge is 0.381 e. The van der Waals surface area contributed by atoms with Crippen LogP contribution in [0.25, 0.3) is 10.8 Å². The molecule has 0 amide bonds. The van der Waals surface area contributed by atoms with Crippen LogP contribution in [0.1, 0.15) is 25.7 Å². The number of piperidine rings is 1. The van der Waals surface area contributed by atoms with Crippen LogP contribution in [0.4, 0.5) is 0 Å². The van der Waals surface area contributed by atoms with Crippen molar-refractivity contribution in [1.82, 2.24) is 9.62 Å². The van der Waals surface area contributed by atoms with E-state index in [9.17, 15) is 8.42 Å². The van der Waals surface area contributed by atoms with Crippen molar-refractivity contribution in [2.45, 2.75) is 36.6 Å². The Hall–Kier alpha value is -1.47. The van der Waals surface area contributed by atoms with E-state index < -0.39 is 10.0 Å². The maximum absolute atomic E-state index is 12.7. The van der Waals surface area contributed by atoms with Crippen LogP contribution in [0.15, 0.2) is 47.4 Å². The van der Waals surface area contributed by atoms with Crippen LogP contribution in [0, 0.1) is 5.92 Å².